The van der Waals surface area contributed by atoms with Gasteiger partial charge in [-0.3, -0.25) is 9.11 Å². The lowest BCUT2D eigenvalue weighted by atomic mass is 10.1. The number of hydrogen-bond donors (Lipinski definition) is 3. The Hall–Kier alpha value is -2.90. The Bertz CT molecular complexity index is 1400. The molecule has 3 N–H and O–H groups in total. The van der Waals surface area contributed by atoms with Gasteiger partial charge in [0.05, 0.1) is 0 Å². The first-order chi connectivity index (χ1) is 14.4. The third-order valence-electron chi connectivity index (χ3n) is 4.30. The highest BCUT2D eigenvalue weighted by atomic mass is 32.2. The van der Waals surface area contributed by atoms with E-state index < -0.39 is 41.5 Å². The van der Waals surface area contributed by atoms with Gasteiger partial charge in [-0.05, 0) is 43.2 Å². The van der Waals surface area contributed by atoms with Crippen molar-refractivity contribution in [2.45, 2.75) is 16.3 Å². The first kappa shape index (κ1) is 22.8. The summed E-state index contributed by atoms with van der Waals surface area (Å²) in [7, 11) is -5.88. The first-order valence-electron chi connectivity index (χ1n) is 8.77. The van der Waals surface area contributed by atoms with Crippen LogP contribution in [-0.4, -0.2) is 50.0 Å². The van der Waals surface area contributed by atoms with Gasteiger partial charge >= 0.3 is 0 Å². The average molecular weight is 466 g/mol. The fourth-order valence-corrected chi connectivity index (χ4v) is 4.27. The lowest BCUT2D eigenvalue weighted by molar-refractivity contribution is 0.402. The summed E-state index contributed by atoms with van der Waals surface area (Å²) in [6.07, 6.45) is 0. The molecule has 12 heteroatoms. The number of azo groups is 1. The van der Waals surface area contributed by atoms with Gasteiger partial charge in [0.25, 0.3) is 20.2 Å². The minimum Gasteiger partial charge on any atom is -0.505 e. The molecule has 0 fully saturated rings. The van der Waals surface area contributed by atoms with Crippen LogP contribution in [0, 0.1) is 0 Å². The van der Waals surface area contributed by atoms with Crippen LogP contribution in [0.2, 0.25) is 0 Å². The minimum atomic E-state index is -4.80. The van der Waals surface area contributed by atoms with Crippen LogP contribution in [0.4, 0.5) is 11.4 Å². The Labute approximate surface area is 179 Å². The van der Waals surface area contributed by atoms with Crippen LogP contribution in [0.15, 0.2) is 68.6 Å². The number of hydrogen-bond acceptors (Lipinski definition) is 8. The van der Waals surface area contributed by atoms with E-state index in [1.807, 2.05) is 4.90 Å². The normalized spacial score (nSPS) is 12.8. The third-order valence-corrected chi connectivity index (χ3v) is 6.06. The van der Waals surface area contributed by atoms with E-state index in [0.717, 1.165) is 12.1 Å². The second-order valence-electron chi connectivity index (χ2n) is 6.98. The molecule has 0 aliphatic rings. The molecule has 0 atom stereocenters. The molecule has 3 aromatic carbocycles. The van der Waals surface area contributed by atoms with E-state index in [-0.39, 0.29) is 11.1 Å². The molecule has 10 nitrogen and oxygen atoms in total. The number of nitrogens with zero attached hydrogens (tertiary/aromatic N) is 3. The van der Waals surface area contributed by atoms with Crippen molar-refractivity contribution in [1.82, 2.24) is 4.90 Å². The van der Waals surface area contributed by atoms with E-state index in [4.69, 9.17) is 0 Å². The van der Waals surface area contributed by atoms with Gasteiger partial charge < -0.3 is 10.0 Å². The summed E-state index contributed by atoms with van der Waals surface area (Å²) in [5, 5.41) is 18.7. The second kappa shape index (κ2) is 8.32. The van der Waals surface area contributed by atoms with Crippen molar-refractivity contribution >= 4 is 42.4 Å². The second-order valence-corrected chi connectivity index (χ2v) is 9.76. The number of rotatable bonds is 6. The van der Waals surface area contributed by atoms with Gasteiger partial charge in [-0.2, -0.15) is 16.8 Å². The SMILES string of the molecule is CN(C)Cc1ccc(S(=O)(=O)O)c(N=Nc2c(S(=O)(=O)O)cc3ccccc3c2O)c1. The van der Waals surface area contributed by atoms with Crippen LogP contribution < -0.4 is 0 Å². The Kier molecular flexibility index (Phi) is 6.11. The lowest BCUT2D eigenvalue weighted by Crippen LogP contribution is -2.10. The molecule has 0 heterocycles. The first-order valence-corrected chi connectivity index (χ1v) is 11.6. The summed E-state index contributed by atoms with van der Waals surface area (Å²) in [5.74, 6) is -0.563. The molecule has 3 rings (SSSR count). The van der Waals surface area contributed by atoms with Gasteiger partial charge in [0.2, 0.25) is 0 Å². The molecule has 0 saturated heterocycles. The Balaban J connectivity index is 2.25. The predicted octanol–water partition coefficient (Wildman–Crippen LogP) is 3.52. The van der Waals surface area contributed by atoms with Crippen molar-refractivity contribution in [2.75, 3.05) is 14.1 Å². The van der Waals surface area contributed by atoms with Crippen molar-refractivity contribution in [3.05, 3.63) is 54.1 Å². The largest absolute Gasteiger partial charge is 0.505 e. The van der Waals surface area contributed by atoms with Gasteiger partial charge in [0.15, 0.2) is 5.75 Å². The van der Waals surface area contributed by atoms with Gasteiger partial charge in [-0.15, -0.1) is 10.2 Å². The molecule has 0 amide bonds. The summed E-state index contributed by atoms with van der Waals surface area (Å²) in [6.45, 7) is 0.422. The van der Waals surface area contributed by atoms with E-state index in [2.05, 4.69) is 10.2 Å². The Morgan fingerprint density at radius 3 is 2.13 bits per heavy atom. The third kappa shape index (κ3) is 5.06. The quantitative estimate of drug-likeness (QED) is 0.369. The van der Waals surface area contributed by atoms with Crippen LogP contribution >= 0.6 is 0 Å². The van der Waals surface area contributed by atoms with Crippen molar-refractivity contribution in [1.29, 1.82) is 0 Å². The summed E-state index contributed by atoms with van der Waals surface area (Å²) < 4.78 is 66.3. The molecule has 0 bridgehead atoms. The standard InChI is InChI=1S/C19H19N3O7S2/c1-22(2)11-12-7-8-16(30(24,25)26)15(9-12)20-21-18-17(31(27,28)29)10-13-5-3-4-6-14(13)19(18)23/h3-10,23H,11H2,1-2H3,(H,24,25,26)(H,27,28,29). The van der Waals surface area contributed by atoms with E-state index in [1.165, 1.54) is 24.3 Å². The Morgan fingerprint density at radius 2 is 1.52 bits per heavy atom. The zero-order valence-electron chi connectivity index (χ0n) is 16.5. The summed E-state index contributed by atoms with van der Waals surface area (Å²) in [5.41, 5.74) is -0.194. The van der Waals surface area contributed by atoms with Crippen molar-refractivity contribution < 1.29 is 31.0 Å². The van der Waals surface area contributed by atoms with Crippen LogP contribution in [0.5, 0.6) is 5.75 Å². The molecule has 3 aromatic rings. The smallest absolute Gasteiger partial charge is 0.296 e. The Morgan fingerprint density at radius 1 is 0.871 bits per heavy atom. The van der Waals surface area contributed by atoms with Gasteiger partial charge in [-0.1, -0.05) is 30.3 Å². The zero-order chi connectivity index (χ0) is 23.0. The van der Waals surface area contributed by atoms with E-state index in [0.29, 0.717) is 17.5 Å². The van der Waals surface area contributed by atoms with Crippen LogP contribution in [0.25, 0.3) is 10.8 Å². The maximum Gasteiger partial charge on any atom is 0.296 e. The molecule has 31 heavy (non-hydrogen) atoms. The highest BCUT2D eigenvalue weighted by Crippen LogP contribution is 2.41. The predicted molar refractivity (Wildman–Crippen MR) is 113 cm³/mol. The molecule has 0 aliphatic carbocycles. The van der Waals surface area contributed by atoms with Crippen LogP contribution in [-0.2, 0) is 26.8 Å². The molecule has 164 valence electrons. The number of aromatic hydroxyl groups is 1. The molecule has 0 aliphatic heterocycles. The fraction of sp³-hybridized carbons (Fsp3) is 0.158. The number of fused-ring (bicyclic) bond motifs is 1. The molecule has 0 radical (unpaired) electrons. The molecular formula is C19H19N3O7S2. The zero-order valence-corrected chi connectivity index (χ0v) is 18.1. The topological polar surface area (TPSA) is 157 Å². The van der Waals surface area contributed by atoms with E-state index in [1.54, 1.807) is 26.2 Å². The van der Waals surface area contributed by atoms with E-state index in [9.17, 15) is 31.0 Å². The molecule has 0 saturated carbocycles. The minimum absolute atomic E-state index is 0.250. The average Bonchev–Trinajstić information content (AvgIpc) is 2.65. The molecule has 0 unspecified atom stereocenters. The highest BCUT2D eigenvalue weighted by molar-refractivity contribution is 7.86. The van der Waals surface area contributed by atoms with Gasteiger partial charge in [0, 0.05) is 11.9 Å². The monoisotopic (exact) mass is 465 g/mol. The lowest BCUT2D eigenvalue weighted by Gasteiger charge is -2.11. The number of phenolic OH excluding ortho intramolecular Hbond substituents is 1. The summed E-state index contributed by atoms with van der Waals surface area (Å²) in [4.78, 5) is 0.562. The van der Waals surface area contributed by atoms with Gasteiger partial charge in [0.1, 0.15) is 21.2 Å². The van der Waals surface area contributed by atoms with Crippen LogP contribution in [0.1, 0.15) is 5.56 Å². The van der Waals surface area contributed by atoms with Crippen LogP contribution in [0.3, 0.4) is 0 Å². The molecule has 0 spiro atoms. The maximum absolute atomic E-state index is 11.9. The van der Waals surface area contributed by atoms with Gasteiger partial charge in [-0.25, -0.2) is 0 Å². The number of benzene rings is 3. The van der Waals surface area contributed by atoms with Crippen molar-refractivity contribution in [2.24, 2.45) is 10.2 Å². The summed E-state index contributed by atoms with van der Waals surface area (Å²) >= 11 is 0. The van der Waals surface area contributed by atoms with Crippen molar-refractivity contribution in [3.8, 4) is 5.75 Å². The fourth-order valence-electron chi connectivity index (χ4n) is 3.01. The highest BCUT2D eigenvalue weighted by Gasteiger charge is 2.22. The molecule has 0 aromatic heterocycles. The van der Waals surface area contributed by atoms with E-state index >= 15 is 0 Å². The maximum atomic E-state index is 11.9. The number of phenols is 1. The molecular weight excluding hydrogens is 446 g/mol. The van der Waals surface area contributed by atoms with Crippen molar-refractivity contribution in [3.63, 3.8) is 0 Å². The summed E-state index contributed by atoms with van der Waals surface area (Å²) in [6, 6.07) is 11.4.